The standard InChI is InChI=1S/C25H27F2N5O/c1-29-14-18(13-28)20-8-7-17(22(26)23(20)27)11-16-12-21(24-30-9-10-32(24)15-16)25(33)31-19-5-3-2-4-6-19/h7-10,12-15,19H,2-6,11,28H2,1H3,(H,31,33). The van der Waals surface area contributed by atoms with Gasteiger partial charge in [-0.1, -0.05) is 31.4 Å². The molecule has 2 aromatic heterocycles. The summed E-state index contributed by atoms with van der Waals surface area (Å²) in [5, 5.41) is 3.11. The minimum absolute atomic E-state index is 0.0435. The zero-order valence-corrected chi connectivity index (χ0v) is 18.5. The monoisotopic (exact) mass is 451 g/mol. The van der Waals surface area contributed by atoms with Crippen LogP contribution in [0.3, 0.4) is 0 Å². The first-order chi connectivity index (χ1) is 16.0. The van der Waals surface area contributed by atoms with Gasteiger partial charge in [-0.2, -0.15) is 0 Å². The van der Waals surface area contributed by atoms with E-state index in [-0.39, 0.29) is 29.5 Å². The SMILES string of the molecule is CN=CC(=CN)c1ccc(Cc2cc(C(=O)NC3CCCCC3)c3nccn3c2)c(F)c1F. The fraction of sp³-hybridized carbons (Fsp3) is 0.320. The maximum absolute atomic E-state index is 14.9. The summed E-state index contributed by atoms with van der Waals surface area (Å²) in [7, 11) is 1.53. The van der Waals surface area contributed by atoms with Crippen molar-refractivity contribution in [3.63, 3.8) is 0 Å². The van der Waals surface area contributed by atoms with Crippen molar-refractivity contribution < 1.29 is 13.6 Å². The van der Waals surface area contributed by atoms with E-state index >= 15 is 0 Å². The Morgan fingerprint density at radius 2 is 2.03 bits per heavy atom. The first-order valence-corrected chi connectivity index (χ1v) is 11.1. The third kappa shape index (κ3) is 4.79. The summed E-state index contributed by atoms with van der Waals surface area (Å²) >= 11 is 0. The summed E-state index contributed by atoms with van der Waals surface area (Å²) in [6, 6.07) is 4.88. The van der Waals surface area contributed by atoms with Crippen LogP contribution >= 0.6 is 0 Å². The maximum Gasteiger partial charge on any atom is 0.255 e. The summed E-state index contributed by atoms with van der Waals surface area (Å²) in [6.07, 6.45) is 13.2. The molecule has 0 radical (unpaired) electrons. The summed E-state index contributed by atoms with van der Waals surface area (Å²) < 4.78 is 31.4. The molecular formula is C25H27F2N5O. The molecule has 1 aromatic carbocycles. The highest BCUT2D eigenvalue weighted by Gasteiger charge is 2.21. The molecule has 172 valence electrons. The fourth-order valence-corrected chi connectivity index (χ4v) is 4.38. The number of aliphatic imine (C=N–C) groups is 1. The average molecular weight is 452 g/mol. The molecule has 2 heterocycles. The lowest BCUT2D eigenvalue weighted by atomic mass is 9.95. The lowest BCUT2D eigenvalue weighted by Crippen LogP contribution is -2.36. The van der Waals surface area contributed by atoms with Crippen LogP contribution in [-0.4, -0.2) is 34.6 Å². The van der Waals surface area contributed by atoms with Gasteiger partial charge >= 0.3 is 0 Å². The third-order valence-electron chi connectivity index (χ3n) is 6.04. The molecule has 0 atom stereocenters. The smallest absolute Gasteiger partial charge is 0.255 e. The van der Waals surface area contributed by atoms with E-state index in [1.165, 1.54) is 38.0 Å². The minimum Gasteiger partial charge on any atom is -0.404 e. The van der Waals surface area contributed by atoms with Crippen LogP contribution in [0.15, 0.2) is 48.0 Å². The zero-order chi connectivity index (χ0) is 23.4. The summed E-state index contributed by atoms with van der Waals surface area (Å²) in [4.78, 5) is 21.2. The minimum atomic E-state index is -0.983. The van der Waals surface area contributed by atoms with Crippen molar-refractivity contribution in [2.45, 2.75) is 44.6 Å². The molecule has 33 heavy (non-hydrogen) atoms. The van der Waals surface area contributed by atoms with Crippen molar-refractivity contribution in [1.29, 1.82) is 0 Å². The van der Waals surface area contributed by atoms with Gasteiger partial charge in [-0.3, -0.25) is 9.79 Å². The number of nitrogens with zero attached hydrogens (tertiary/aromatic N) is 3. The normalized spacial score (nSPS) is 15.4. The molecule has 0 bridgehead atoms. The number of carbonyl (C=O) groups is 1. The van der Waals surface area contributed by atoms with Crippen LogP contribution in [0.1, 0.15) is 59.2 Å². The topological polar surface area (TPSA) is 84.8 Å². The Hall–Kier alpha value is -3.55. The second-order valence-electron chi connectivity index (χ2n) is 8.31. The maximum atomic E-state index is 14.9. The number of aromatic nitrogens is 2. The van der Waals surface area contributed by atoms with Crippen molar-refractivity contribution in [2.75, 3.05) is 7.05 Å². The fourth-order valence-electron chi connectivity index (χ4n) is 4.38. The van der Waals surface area contributed by atoms with E-state index in [1.807, 2.05) is 0 Å². The van der Waals surface area contributed by atoms with E-state index in [0.717, 1.165) is 25.7 Å². The third-order valence-corrected chi connectivity index (χ3v) is 6.04. The highest BCUT2D eigenvalue weighted by atomic mass is 19.2. The molecule has 1 saturated carbocycles. The Morgan fingerprint density at radius 3 is 2.76 bits per heavy atom. The molecule has 1 fully saturated rings. The molecule has 1 amide bonds. The van der Waals surface area contributed by atoms with Gasteiger partial charge in [0, 0.05) is 61.7 Å². The Labute approximate surface area is 191 Å². The number of hydrogen-bond acceptors (Lipinski definition) is 4. The lowest BCUT2D eigenvalue weighted by molar-refractivity contribution is 0.0928. The Balaban J connectivity index is 1.64. The van der Waals surface area contributed by atoms with Crippen LogP contribution in [0.2, 0.25) is 0 Å². The number of hydrogen-bond donors (Lipinski definition) is 2. The molecule has 0 aliphatic heterocycles. The number of rotatable bonds is 6. The number of allylic oxidation sites excluding steroid dienone is 1. The highest BCUT2D eigenvalue weighted by molar-refractivity contribution is 6.09. The van der Waals surface area contributed by atoms with Crippen LogP contribution in [-0.2, 0) is 6.42 Å². The van der Waals surface area contributed by atoms with Gasteiger partial charge in [0.15, 0.2) is 11.6 Å². The first kappa shape index (κ1) is 22.6. The zero-order valence-electron chi connectivity index (χ0n) is 18.5. The number of pyridine rings is 1. The number of imidazole rings is 1. The molecule has 0 spiro atoms. The van der Waals surface area contributed by atoms with Crippen molar-refractivity contribution in [3.8, 4) is 0 Å². The van der Waals surface area contributed by atoms with Crippen molar-refractivity contribution in [1.82, 2.24) is 14.7 Å². The van der Waals surface area contributed by atoms with E-state index in [0.29, 0.717) is 22.3 Å². The second-order valence-corrected chi connectivity index (χ2v) is 8.31. The molecule has 6 nitrogen and oxygen atoms in total. The van der Waals surface area contributed by atoms with Gasteiger partial charge in [0.05, 0.1) is 5.56 Å². The molecule has 0 unspecified atom stereocenters. The highest BCUT2D eigenvalue weighted by Crippen LogP contribution is 2.25. The van der Waals surface area contributed by atoms with Gasteiger partial charge in [0.25, 0.3) is 5.91 Å². The number of fused-ring (bicyclic) bond motifs is 1. The van der Waals surface area contributed by atoms with Gasteiger partial charge in [0.2, 0.25) is 0 Å². The molecule has 3 N–H and O–H groups in total. The van der Waals surface area contributed by atoms with Crippen molar-refractivity contribution in [3.05, 3.63) is 76.9 Å². The predicted molar refractivity (Wildman–Crippen MR) is 125 cm³/mol. The van der Waals surface area contributed by atoms with Crippen LogP contribution < -0.4 is 11.1 Å². The number of halogens is 2. The largest absolute Gasteiger partial charge is 0.404 e. The predicted octanol–water partition coefficient (Wildman–Crippen LogP) is 4.27. The Bertz CT molecular complexity index is 1230. The van der Waals surface area contributed by atoms with Crippen LogP contribution in [0, 0.1) is 11.6 Å². The van der Waals surface area contributed by atoms with Gasteiger partial charge in [-0.25, -0.2) is 13.8 Å². The summed E-state index contributed by atoms with van der Waals surface area (Å²) in [5.41, 5.74) is 7.68. The molecule has 8 heteroatoms. The molecule has 4 rings (SSSR count). The molecule has 1 aliphatic rings. The first-order valence-electron chi connectivity index (χ1n) is 11.1. The van der Waals surface area contributed by atoms with E-state index in [9.17, 15) is 13.6 Å². The Morgan fingerprint density at radius 1 is 1.24 bits per heavy atom. The summed E-state index contributed by atoms with van der Waals surface area (Å²) in [6.45, 7) is 0. The van der Waals surface area contributed by atoms with Gasteiger partial charge < -0.3 is 15.5 Å². The van der Waals surface area contributed by atoms with E-state index < -0.39 is 11.6 Å². The Kier molecular flexibility index (Phi) is 6.82. The molecule has 3 aromatic rings. The van der Waals surface area contributed by atoms with Crippen molar-refractivity contribution in [2.24, 2.45) is 10.7 Å². The second kappa shape index (κ2) is 9.94. The molecular weight excluding hydrogens is 424 g/mol. The van der Waals surface area contributed by atoms with E-state index in [2.05, 4.69) is 15.3 Å². The van der Waals surface area contributed by atoms with Crippen LogP contribution in [0.5, 0.6) is 0 Å². The van der Waals surface area contributed by atoms with Crippen molar-refractivity contribution >= 4 is 23.3 Å². The number of carbonyl (C=O) groups excluding carboxylic acids is 1. The van der Waals surface area contributed by atoms with E-state index in [1.54, 1.807) is 29.1 Å². The lowest BCUT2D eigenvalue weighted by Gasteiger charge is -2.23. The molecule has 0 saturated heterocycles. The van der Waals surface area contributed by atoms with Crippen LogP contribution in [0.25, 0.3) is 11.2 Å². The number of nitrogens with two attached hydrogens (primary N) is 1. The number of amides is 1. The number of benzene rings is 1. The molecule has 1 aliphatic carbocycles. The quantitative estimate of drug-likeness (QED) is 0.549. The van der Waals surface area contributed by atoms with Gasteiger partial charge in [-0.15, -0.1) is 0 Å². The van der Waals surface area contributed by atoms with Gasteiger partial charge in [0.1, 0.15) is 5.65 Å². The average Bonchev–Trinajstić information content (AvgIpc) is 3.30. The van der Waals surface area contributed by atoms with Crippen LogP contribution in [0.4, 0.5) is 8.78 Å². The van der Waals surface area contributed by atoms with Gasteiger partial charge in [-0.05, 0) is 30.0 Å². The van der Waals surface area contributed by atoms with E-state index in [4.69, 9.17) is 5.73 Å². The summed E-state index contributed by atoms with van der Waals surface area (Å²) in [5.74, 6) is -2.13. The number of nitrogens with one attached hydrogen (secondary N) is 1.